The van der Waals surface area contributed by atoms with E-state index >= 15 is 0 Å². The molecule has 98 valence electrons. The molecule has 0 bridgehead atoms. The number of benzene rings is 1. The Hall–Kier alpha value is -0.820. The van der Waals surface area contributed by atoms with E-state index in [2.05, 4.69) is 42.2 Å². The Bertz CT molecular complexity index is 375. The number of nitrogens with zero attached hydrogens (tertiary/aromatic N) is 1. The maximum absolute atomic E-state index is 2.77. The highest BCUT2D eigenvalue weighted by atomic mass is 15.2. The molecule has 0 aromatic heterocycles. The lowest BCUT2D eigenvalue weighted by atomic mass is 9.64. The predicted octanol–water partition coefficient (Wildman–Crippen LogP) is 4.19. The van der Waals surface area contributed by atoms with Crippen LogP contribution in [-0.2, 0) is 5.54 Å². The third-order valence-electron chi connectivity index (χ3n) is 5.24. The first-order valence-electron chi connectivity index (χ1n) is 7.68. The van der Waals surface area contributed by atoms with E-state index in [0.717, 1.165) is 5.92 Å². The van der Waals surface area contributed by atoms with Gasteiger partial charge in [0.2, 0.25) is 0 Å². The minimum absolute atomic E-state index is 0.368. The van der Waals surface area contributed by atoms with Crippen LogP contribution >= 0.6 is 0 Å². The van der Waals surface area contributed by atoms with Crippen molar-refractivity contribution >= 4 is 0 Å². The highest BCUT2D eigenvalue weighted by Gasteiger charge is 2.47. The number of likely N-dealkylation sites (tertiary alicyclic amines) is 1. The van der Waals surface area contributed by atoms with E-state index in [1.54, 1.807) is 5.56 Å². The van der Waals surface area contributed by atoms with Crippen LogP contribution in [0.2, 0.25) is 0 Å². The molecule has 1 saturated carbocycles. The fraction of sp³-hybridized carbons (Fsp3) is 0.647. The van der Waals surface area contributed by atoms with Crippen molar-refractivity contribution in [1.29, 1.82) is 0 Å². The molecule has 1 nitrogen and oxygen atoms in total. The van der Waals surface area contributed by atoms with E-state index in [4.69, 9.17) is 0 Å². The zero-order valence-electron chi connectivity index (χ0n) is 11.6. The molecule has 0 amide bonds. The fourth-order valence-corrected chi connectivity index (χ4v) is 4.49. The number of fused-ring (bicyclic) bond motifs is 1. The topological polar surface area (TPSA) is 3.24 Å². The van der Waals surface area contributed by atoms with Crippen molar-refractivity contribution in [3.8, 4) is 0 Å². The van der Waals surface area contributed by atoms with Gasteiger partial charge in [0, 0.05) is 5.54 Å². The van der Waals surface area contributed by atoms with Crippen LogP contribution in [0.25, 0.3) is 0 Å². The van der Waals surface area contributed by atoms with Crippen LogP contribution in [0.5, 0.6) is 0 Å². The van der Waals surface area contributed by atoms with E-state index in [9.17, 15) is 0 Å². The average Bonchev–Trinajstić information content (AvgIpc) is 2.47. The lowest BCUT2D eigenvalue weighted by Crippen LogP contribution is -2.55. The van der Waals surface area contributed by atoms with Gasteiger partial charge < -0.3 is 0 Å². The molecule has 0 spiro atoms. The zero-order valence-corrected chi connectivity index (χ0v) is 11.6. The lowest BCUT2D eigenvalue weighted by Gasteiger charge is -2.55. The van der Waals surface area contributed by atoms with E-state index in [0.29, 0.717) is 5.54 Å². The summed E-state index contributed by atoms with van der Waals surface area (Å²) in [4.78, 5) is 2.77. The number of hydrogen-bond donors (Lipinski definition) is 0. The molecule has 0 unspecified atom stereocenters. The van der Waals surface area contributed by atoms with E-state index < -0.39 is 0 Å². The smallest absolute Gasteiger partial charge is 0.0488 e. The summed E-state index contributed by atoms with van der Waals surface area (Å²) >= 11 is 0. The van der Waals surface area contributed by atoms with Gasteiger partial charge >= 0.3 is 0 Å². The second-order valence-corrected chi connectivity index (χ2v) is 5.95. The van der Waals surface area contributed by atoms with Gasteiger partial charge in [-0.3, -0.25) is 4.90 Å². The number of piperidine rings is 1. The van der Waals surface area contributed by atoms with Gasteiger partial charge in [-0.1, -0.05) is 50.1 Å². The summed E-state index contributed by atoms with van der Waals surface area (Å²) in [6.07, 6.45) is 8.48. The van der Waals surface area contributed by atoms with E-state index in [1.165, 1.54) is 51.6 Å². The summed E-state index contributed by atoms with van der Waals surface area (Å²) in [5, 5.41) is 0. The van der Waals surface area contributed by atoms with Gasteiger partial charge in [0.25, 0.3) is 0 Å². The molecule has 2 atom stereocenters. The molecule has 0 radical (unpaired) electrons. The molecule has 2 fully saturated rings. The molecule has 1 heteroatoms. The van der Waals surface area contributed by atoms with Crippen LogP contribution in [0, 0.1) is 5.92 Å². The second kappa shape index (κ2) is 5.05. The molecule has 0 N–H and O–H groups in total. The Balaban J connectivity index is 2.05. The summed E-state index contributed by atoms with van der Waals surface area (Å²) in [7, 11) is 0. The number of hydrogen-bond acceptors (Lipinski definition) is 1. The van der Waals surface area contributed by atoms with Crippen molar-refractivity contribution in [3.05, 3.63) is 35.9 Å². The molecular weight excluding hydrogens is 218 g/mol. The Morgan fingerprint density at radius 3 is 2.67 bits per heavy atom. The minimum atomic E-state index is 0.368. The summed E-state index contributed by atoms with van der Waals surface area (Å²) in [5.41, 5.74) is 1.95. The minimum Gasteiger partial charge on any atom is -0.294 e. The fourth-order valence-electron chi connectivity index (χ4n) is 4.49. The van der Waals surface area contributed by atoms with Crippen molar-refractivity contribution in [2.75, 3.05) is 13.1 Å². The summed E-state index contributed by atoms with van der Waals surface area (Å²) < 4.78 is 0. The molecule has 3 rings (SSSR count). The number of rotatable bonds is 2. The first-order valence-corrected chi connectivity index (χ1v) is 7.68. The molecule has 18 heavy (non-hydrogen) atoms. The van der Waals surface area contributed by atoms with Crippen LogP contribution in [0.15, 0.2) is 30.3 Å². The van der Waals surface area contributed by atoms with Gasteiger partial charge in [0.1, 0.15) is 0 Å². The molecule has 1 aromatic rings. The maximum atomic E-state index is 2.77. The largest absolute Gasteiger partial charge is 0.294 e. The summed E-state index contributed by atoms with van der Waals surface area (Å²) in [5.74, 6) is 0.891. The van der Waals surface area contributed by atoms with Crippen molar-refractivity contribution in [2.24, 2.45) is 5.92 Å². The molecule has 1 aliphatic heterocycles. The van der Waals surface area contributed by atoms with Crippen molar-refractivity contribution in [3.63, 3.8) is 0 Å². The molecule has 2 aliphatic rings. The SMILES string of the molecule is CCN1CCC[C@@H]2CCCC[C@]21c1ccccc1. The van der Waals surface area contributed by atoms with Gasteiger partial charge in [-0.2, -0.15) is 0 Å². The van der Waals surface area contributed by atoms with Crippen LogP contribution in [0.1, 0.15) is 51.0 Å². The van der Waals surface area contributed by atoms with Crippen molar-refractivity contribution in [1.82, 2.24) is 4.90 Å². The maximum Gasteiger partial charge on any atom is 0.0488 e. The Morgan fingerprint density at radius 1 is 1.11 bits per heavy atom. The van der Waals surface area contributed by atoms with Crippen molar-refractivity contribution in [2.45, 2.75) is 51.0 Å². The van der Waals surface area contributed by atoms with Crippen LogP contribution in [0.4, 0.5) is 0 Å². The van der Waals surface area contributed by atoms with Gasteiger partial charge in [-0.05, 0) is 50.3 Å². The Kier molecular flexibility index (Phi) is 3.43. The third-order valence-corrected chi connectivity index (χ3v) is 5.24. The molecule has 1 heterocycles. The van der Waals surface area contributed by atoms with Gasteiger partial charge in [0.05, 0.1) is 0 Å². The quantitative estimate of drug-likeness (QED) is 0.753. The van der Waals surface area contributed by atoms with Gasteiger partial charge in [0.15, 0.2) is 0 Å². The summed E-state index contributed by atoms with van der Waals surface area (Å²) in [6.45, 7) is 4.83. The molecule has 1 saturated heterocycles. The van der Waals surface area contributed by atoms with E-state index in [-0.39, 0.29) is 0 Å². The molecule has 1 aromatic carbocycles. The van der Waals surface area contributed by atoms with E-state index in [1.807, 2.05) is 0 Å². The van der Waals surface area contributed by atoms with Gasteiger partial charge in [-0.25, -0.2) is 0 Å². The van der Waals surface area contributed by atoms with Crippen LogP contribution in [-0.4, -0.2) is 18.0 Å². The second-order valence-electron chi connectivity index (χ2n) is 5.95. The van der Waals surface area contributed by atoms with Gasteiger partial charge in [-0.15, -0.1) is 0 Å². The molecular formula is C17H25N. The highest BCUT2D eigenvalue weighted by molar-refractivity contribution is 5.27. The standard InChI is InChI=1S/C17H25N/c1-2-18-14-8-12-16-11-6-7-13-17(16,18)15-9-4-3-5-10-15/h3-5,9-10,16H,2,6-8,11-14H2,1H3/t16-,17-/m0/s1. The highest BCUT2D eigenvalue weighted by Crippen LogP contribution is 2.50. The zero-order chi connectivity index (χ0) is 12.4. The Labute approximate surface area is 111 Å². The predicted molar refractivity (Wildman–Crippen MR) is 76.6 cm³/mol. The lowest BCUT2D eigenvalue weighted by molar-refractivity contribution is -0.0362. The first-order chi connectivity index (χ1) is 8.88. The van der Waals surface area contributed by atoms with Crippen LogP contribution in [0.3, 0.4) is 0 Å². The average molecular weight is 243 g/mol. The first kappa shape index (κ1) is 12.2. The molecule has 1 aliphatic carbocycles. The van der Waals surface area contributed by atoms with Crippen LogP contribution < -0.4 is 0 Å². The normalized spacial score (nSPS) is 33.1. The summed E-state index contributed by atoms with van der Waals surface area (Å²) in [6, 6.07) is 11.3. The Morgan fingerprint density at radius 2 is 1.89 bits per heavy atom. The third kappa shape index (κ3) is 1.80. The van der Waals surface area contributed by atoms with Crippen molar-refractivity contribution < 1.29 is 0 Å². The monoisotopic (exact) mass is 243 g/mol.